The van der Waals surface area contributed by atoms with Crippen molar-refractivity contribution >= 4 is 11.8 Å². The van der Waals surface area contributed by atoms with Crippen LogP contribution < -0.4 is 4.74 Å². The quantitative estimate of drug-likeness (QED) is 0.765. The summed E-state index contributed by atoms with van der Waals surface area (Å²) in [5.74, 6) is 0.152. The van der Waals surface area contributed by atoms with Crippen LogP contribution in [-0.2, 0) is 16.1 Å². The zero-order chi connectivity index (χ0) is 17.6. The number of hydrogen-bond acceptors (Lipinski definition) is 4. The average Bonchev–Trinajstić information content (AvgIpc) is 2.62. The summed E-state index contributed by atoms with van der Waals surface area (Å²) in [6.45, 7) is 2.47. The van der Waals surface area contributed by atoms with Gasteiger partial charge in [0.25, 0.3) is 0 Å². The highest BCUT2D eigenvalue weighted by Gasteiger charge is 2.26. The number of Topliss-reactive ketones (excluding diaryl/α,β-unsaturated/α-hetero) is 1. The van der Waals surface area contributed by atoms with Crippen molar-refractivity contribution in [3.8, 4) is 5.75 Å². The fourth-order valence-corrected chi connectivity index (χ4v) is 2.95. The van der Waals surface area contributed by atoms with E-state index in [2.05, 4.69) is 6.07 Å². The van der Waals surface area contributed by atoms with E-state index in [-0.39, 0.29) is 5.78 Å². The second kappa shape index (κ2) is 7.97. The van der Waals surface area contributed by atoms with Gasteiger partial charge in [-0.05, 0) is 49.9 Å². The van der Waals surface area contributed by atoms with Gasteiger partial charge < -0.3 is 9.47 Å². The summed E-state index contributed by atoms with van der Waals surface area (Å²) >= 11 is 0. The molecule has 1 aliphatic carbocycles. The van der Waals surface area contributed by atoms with E-state index >= 15 is 0 Å². The van der Waals surface area contributed by atoms with Crippen LogP contribution in [0.2, 0.25) is 0 Å². The first-order valence-corrected chi connectivity index (χ1v) is 8.64. The number of carbonyl (C=O) groups is 2. The summed E-state index contributed by atoms with van der Waals surface area (Å²) < 4.78 is 11.2. The van der Waals surface area contributed by atoms with Crippen LogP contribution in [0.4, 0.5) is 0 Å². The number of benzene rings is 2. The van der Waals surface area contributed by atoms with E-state index in [4.69, 9.17) is 9.47 Å². The van der Waals surface area contributed by atoms with Crippen molar-refractivity contribution in [2.75, 3.05) is 0 Å². The molecule has 4 heteroatoms. The largest absolute Gasteiger partial charge is 0.489 e. The number of aryl methyl sites for hydroxylation is 1. The van der Waals surface area contributed by atoms with Gasteiger partial charge in [0.2, 0.25) is 0 Å². The minimum atomic E-state index is -0.599. The van der Waals surface area contributed by atoms with Gasteiger partial charge in [-0.25, -0.2) is 4.79 Å². The Labute approximate surface area is 147 Å². The number of ketones is 1. The zero-order valence-electron chi connectivity index (χ0n) is 14.4. The number of rotatable bonds is 5. The van der Waals surface area contributed by atoms with Gasteiger partial charge >= 0.3 is 5.97 Å². The fourth-order valence-electron chi connectivity index (χ4n) is 2.95. The van der Waals surface area contributed by atoms with Gasteiger partial charge in [-0.1, -0.05) is 35.9 Å². The highest BCUT2D eigenvalue weighted by atomic mass is 16.5. The van der Waals surface area contributed by atoms with Gasteiger partial charge in [0.15, 0.2) is 11.9 Å². The van der Waals surface area contributed by atoms with Crippen LogP contribution in [-0.4, -0.2) is 17.9 Å². The molecule has 0 unspecified atom stereocenters. The van der Waals surface area contributed by atoms with Gasteiger partial charge in [-0.2, -0.15) is 0 Å². The molecule has 130 valence electrons. The Balaban J connectivity index is 1.62. The lowest BCUT2D eigenvalue weighted by Crippen LogP contribution is -2.30. The molecule has 0 saturated heterocycles. The molecule has 0 radical (unpaired) electrons. The van der Waals surface area contributed by atoms with Crippen molar-refractivity contribution in [2.24, 2.45) is 0 Å². The highest BCUT2D eigenvalue weighted by molar-refractivity contribution is 5.93. The Kier molecular flexibility index (Phi) is 5.49. The summed E-state index contributed by atoms with van der Waals surface area (Å²) in [4.78, 5) is 24.1. The molecule has 1 fully saturated rings. The maximum atomic E-state index is 12.3. The van der Waals surface area contributed by atoms with Crippen LogP contribution in [0.1, 0.15) is 47.2 Å². The molecule has 2 aromatic rings. The third kappa shape index (κ3) is 4.69. The number of esters is 1. The molecule has 4 nitrogen and oxygen atoms in total. The molecule has 3 rings (SSSR count). The molecule has 25 heavy (non-hydrogen) atoms. The van der Waals surface area contributed by atoms with Crippen molar-refractivity contribution in [3.63, 3.8) is 0 Å². The van der Waals surface area contributed by atoms with Crippen molar-refractivity contribution in [1.29, 1.82) is 0 Å². The van der Waals surface area contributed by atoms with Crippen LogP contribution >= 0.6 is 0 Å². The Morgan fingerprint density at radius 1 is 1.12 bits per heavy atom. The van der Waals surface area contributed by atoms with Crippen molar-refractivity contribution < 1.29 is 19.1 Å². The van der Waals surface area contributed by atoms with Gasteiger partial charge in [0, 0.05) is 6.42 Å². The smallest absolute Gasteiger partial charge is 0.338 e. The first-order valence-electron chi connectivity index (χ1n) is 8.64. The van der Waals surface area contributed by atoms with Crippen LogP contribution in [0.25, 0.3) is 0 Å². The third-order valence-corrected chi connectivity index (χ3v) is 4.31. The number of hydrogen-bond donors (Lipinski definition) is 0. The summed E-state index contributed by atoms with van der Waals surface area (Å²) in [6, 6.07) is 15.0. The van der Waals surface area contributed by atoms with E-state index < -0.39 is 12.1 Å². The standard InChI is InChI=1S/C21H22O4/c1-15-6-4-7-16(12-15)14-24-18-9-5-8-17(13-18)21(23)25-20-11-3-2-10-19(20)22/h4-9,12-13,20H,2-3,10-11,14H2,1H3/t20-/m0/s1. The van der Waals surface area contributed by atoms with Crippen molar-refractivity contribution in [2.45, 2.75) is 45.3 Å². The summed E-state index contributed by atoms with van der Waals surface area (Å²) in [7, 11) is 0. The topological polar surface area (TPSA) is 52.6 Å². The molecule has 1 atom stereocenters. The average molecular weight is 338 g/mol. The predicted molar refractivity (Wildman–Crippen MR) is 94.6 cm³/mol. The lowest BCUT2D eigenvalue weighted by molar-refractivity contribution is -0.129. The van der Waals surface area contributed by atoms with Crippen LogP contribution in [0.5, 0.6) is 5.75 Å². The number of carbonyl (C=O) groups excluding carboxylic acids is 2. The molecule has 0 spiro atoms. The van der Waals surface area contributed by atoms with Crippen LogP contribution in [0, 0.1) is 6.92 Å². The second-order valence-electron chi connectivity index (χ2n) is 6.41. The Hall–Kier alpha value is -2.62. The molecular weight excluding hydrogens is 316 g/mol. The maximum Gasteiger partial charge on any atom is 0.338 e. The Morgan fingerprint density at radius 3 is 2.76 bits per heavy atom. The first kappa shape index (κ1) is 17.2. The normalized spacial score (nSPS) is 17.2. The van der Waals surface area contributed by atoms with Gasteiger partial charge in [-0.15, -0.1) is 0 Å². The van der Waals surface area contributed by atoms with Crippen molar-refractivity contribution in [3.05, 3.63) is 65.2 Å². The summed E-state index contributed by atoms with van der Waals surface area (Å²) in [5.41, 5.74) is 2.65. The molecule has 2 aromatic carbocycles. The molecular formula is C21H22O4. The minimum Gasteiger partial charge on any atom is -0.489 e. The number of ether oxygens (including phenoxy) is 2. The molecule has 0 N–H and O–H groups in total. The lowest BCUT2D eigenvalue weighted by Gasteiger charge is -2.20. The zero-order valence-corrected chi connectivity index (χ0v) is 14.4. The third-order valence-electron chi connectivity index (χ3n) is 4.31. The predicted octanol–water partition coefficient (Wildman–Crippen LogP) is 4.24. The lowest BCUT2D eigenvalue weighted by atomic mass is 9.96. The molecule has 0 aliphatic heterocycles. The van der Waals surface area contributed by atoms with Crippen LogP contribution in [0.3, 0.4) is 0 Å². The first-order chi connectivity index (χ1) is 12.1. The molecule has 1 saturated carbocycles. The molecule has 0 amide bonds. The highest BCUT2D eigenvalue weighted by Crippen LogP contribution is 2.21. The van der Waals surface area contributed by atoms with E-state index in [0.717, 1.165) is 18.4 Å². The van der Waals surface area contributed by atoms with E-state index in [1.165, 1.54) is 5.56 Å². The van der Waals surface area contributed by atoms with E-state index in [1.807, 2.05) is 25.1 Å². The summed E-state index contributed by atoms with van der Waals surface area (Å²) in [6.07, 6.45) is 2.32. The SMILES string of the molecule is Cc1cccc(COc2cccc(C(=O)O[C@H]3CCCCC3=O)c2)c1. The molecule has 0 aromatic heterocycles. The van der Waals surface area contributed by atoms with Gasteiger partial charge in [0.05, 0.1) is 5.56 Å². The van der Waals surface area contributed by atoms with Gasteiger partial charge in [0.1, 0.15) is 12.4 Å². The molecule has 0 heterocycles. The van der Waals surface area contributed by atoms with Crippen molar-refractivity contribution in [1.82, 2.24) is 0 Å². The second-order valence-corrected chi connectivity index (χ2v) is 6.41. The Bertz CT molecular complexity index is 766. The van der Waals surface area contributed by atoms with Gasteiger partial charge in [-0.3, -0.25) is 4.79 Å². The Morgan fingerprint density at radius 2 is 1.96 bits per heavy atom. The monoisotopic (exact) mass is 338 g/mol. The van der Waals surface area contributed by atoms with Crippen LogP contribution in [0.15, 0.2) is 48.5 Å². The maximum absolute atomic E-state index is 12.3. The summed E-state index contributed by atoms with van der Waals surface area (Å²) in [5, 5.41) is 0. The molecule has 1 aliphatic rings. The minimum absolute atomic E-state index is 0.0199. The van der Waals surface area contributed by atoms with E-state index in [1.54, 1.807) is 24.3 Å². The van der Waals surface area contributed by atoms with E-state index in [9.17, 15) is 9.59 Å². The molecule has 0 bridgehead atoms. The fraction of sp³-hybridized carbons (Fsp3) is 0.333. The van der Waals surface area contributed by atoms with E-state index in [0.29, 0.717) is 30.8 Å².